The van der Waals surface area contributed by atoms with Crippen molar-refractivity contribution in [1.82, 2.24) is 16.2 Å². The van der Waals surface area contributed by atoms with Gasteiger partial charge in [-0.15, -0.1) is 0 Å². The van der Waals surface area contributed by atoms with Crippen molar-refractivity contribution in [2.45, 2.75) is 52.5 Å². The van der Waals surface area contributed by atoms with E-state index in [1.54, 1.807) is 0 Å². The average molecular weight is 364 g/mol. The summed E-state index contributed by atoms with van der Waals surface area (Å²) in [4.78, 5) is 11.9. The summed E-state index contributed by atoms with van der Waals surface area (Å²) in [5.41, 5.74) is 6.52. The van der Waals surface area contributed by atoms with Crippen LogP contribution in [0.5, 0.6) is 5.75 Å². The van der Waals surface area contributed by atoms with E-state index in [0.717, 1.165) is 12.8 Å². The molecule has 25 heavy (non-hydrogen) atoms. The standard InChI is InChI=1S/C19H29N3O2S/c1-4-15-8-6-9-16(11-15)24-12-18(23)21-22-19(25)20-17-10-5-7-13(2)14(17)3/h6,8-9,11,13-14,17H,4-5,7,10,12H2,1-3H3,(H,21,23)(H2,20,22,25)/t13-,14-,17+/m0/s1. The maximum Gasteiger partial charge on any atom is 0.276 e. The van der Waals surface area contributed by atoms with Crippen LogP contribution in [-0.2, 0) is 11.2 Å². The van der Waals surface area contributed by atoms with Gasteiger partial charge in [-0.05, 0) is 54.6 Å². The molecule has 2 rings (SSSR count). The van der Waals surface area contributed by atoms with Crippen LogP contribution >= 0.6 is 12.2 Å². The Kier molecular flexibility index (Phi) is 7.50. The minimum atomic E-state index is -0.267. The highest BCUT2D eigenvalue weighted by Crippen LogP contribution is 2.29. The van der Waals surface area contributed by atoms with Gasteiger partial charge in [0.1, 0.15) is 5.75 Å². The Hall–Kier alpha value is -1.82. The molecular formula is C19H29N3O2S. The molecule has 1 amide bonds. The molecule has 3 atom stereocenters. The highest BCUT2D eigenvalue weighted by Gasteiger charge is 2.27. The van der Waals surface area contributed by atoms with Crippen molar-refractivity contribution in [3.05, 3.63) is 29.8 Å². The normalized spacial score (nSPS) is 22.8. The van der Waals surface area contributed by atoms with Crippen LogP contribution in [0.15, 0.2) is 24.3 Å². The highest BCUT2D eigenvalue weighted by atomic mass is 32.1. The number of hydrazine groups is 1. The number of carbonyl (C=O) groups is 1. The summed E-state index contributed by atoms with van der Waals surface area (Å²) in [6, 6.07) is 8.10. The zero-order chi connectivity index (χ0) is 18.2. The first kappa shape index (κ1) is 19.5. The van der Waals surface area contributed by atoms with Gasteiger partial charge in [-0.3, -0.25) is 15.6 Å². The van der Waals surface area contributed by atoms with Crippen LogP contribution in [0, 0.1) is 11.8 Å². The molecule has 1 saturated carbocycles. The molecule has 0 aliphatic heterocycles. The largest absolute Gasteiger partial charge is 0.484 e. The van der Waals surface area contributed by atoms with Gasteiger partial charge in [0.25, 0.3) is 5.91 Å². The second-order valence-corrected chi connectivity index (χ2v) is 7.22. The Bertz CT molecular complexity index is 594. The molecule has 1 aromatic carbocycles. The predicted octanol–water partition coefficient (Wildman–Crippen LogP) is 2.95. The van der Waals surface area contributed by atoms with Crippen molar-refractivity contribution in [1.29, 1.82) is 0 Å². The Labute approximate surface area is 155 Å². The van der Waals surface area contributed by atoms with Crippen molar-refractivity contribution in [3.63, 3.8) is 0 Å². The lowest BCUT2D eigenvalue weighted by atomic mass is 9.78. The molecule has 0 saturated heterocycles. The molecule has 5 nitrogen and oxygen atoms in total. The molecular weight excluding hydrogens is 334 g/mol. The minimum absolute atomic E-state index is 0.0559. The maximum absolute atomic E-state index is 11.9. The van der Waals surface area contributed by atoms with Gasteiger partial charge in [-0.2, -0.15) is 0 Å². The summed E-state index contributed by atoms with van der Waals surface area (Å²) >= 11 is 5.28. The number of amides is 1. The summed E-state index contributed by atoms with van der Waals surface area (Å²) in [5.74, 6) is 1.69. The van der Waals surface area contributed by atoms with Gasteiger partial charge in [-0.1, -0.05) is 45.7 Å². The van der Waals surface area contributed by atoms with Gasteiger partial charge < -0.3 is 10.1 Å². The molecule has 3 N–H and O–H groups in total. The lowest BCUT2D eigenvalue weighted by Gasteiger charge is -2.35. The van der Waals surface area contributed by atoms with Crippen molar-refractivity contribution >= 4 is 23.2 Å². The number of nitrogens with one attached hydrogen (secondary N) is 3. The average Bonchev–Trinajstić information content (AvgIpc) is 2.62. The van der Waals surface area contributed by atoms with E-state index in [1.165, 1.54) is 18.4 Å². The van der Waals surface area contributed by atoms with Crippen LogP contribution in [0.25, 0.3) is 0 Å². The number of rotatable bonds is 5. The van der Waals surface area contributed by atoms with E-state index in [4.69, 9.17) is 17.0 Å². The van der Waals surface area contributed by atoms with Crippen LogP contribution in [0.1, 0.15) is 45.6 Å². The summed E-state index contributed by atoms with van der Waals surface area (Å²) < 4.78 is 5.51. The van der Waals surface area contributed by atoms with E-state index >= 15 is 0 Å². The van der Waals surface area contributed by atoms with Crippen LogP contribution in [0.4, 0.5) is 0 Å². The van der Waals surface area contributed by atoms with E-state index in [9.17, 15) is 4.79 Å². The second kappa shape index (κ2) is 9.61. The molecule has 0 radical (unpaired) electrons. The molecule has 0 heterocycles. The Balaban J connectivity index is 1.69. The zero-order valence-corrected chi connectivity index (χ0v) is 16.1. The number of hydrogen-bond donors (Lipinski definition) is 3. The van der Waals surface area contributed by atoms with Crippen molar-refractivity contribution in [2.75, 3.05) is 6.61 Å². The lowest BCUT2D eigenvalue weighted by Crippen LogP contribution is -2.53. The molecule has 0 unspecified atom stereocenters. The van der Waals surface area contributed by atoms with Gasteiger partial charge in [0.2, 0.25) is 0 Å². The number of aryl methyl sites for hydroxylation is 1. The second-order valence-electron chi connectivity index (χ2n) is 6.81. The Morgan fingerprint density at radius 2 is 2.08 bits per heavy atom. The SMILES string of the molecule is CCc1cccc(OCC(=O)NNC(=S)N[C@@H]2CCC[C@H](C)[C@@H]2C)c1. The summed E-state index contributed by atoms with van der Waals surface area (Å²) in [6.45, 7) is 6.56. The lowest BCUT2D eigenvalue weighted by molar-refractivity contribution is -0.123. The fourth-order valence-corrected chi connectivity index (χ4v) is 3.36. The minimum Gasteiger partial charge on any atom is -0.484 e. The Morgan fingerprint density at radius 3 is 2.84 bits per heavy atom. The number of hydrogen-bond acceptors (Lipinski definition) is 3. The number of thiocarbonyl (C=S) groups is 1. The smallest absolute Gasteiger partial charge is 0.276 e. The zero-order valence-electron chi connectivity index (χ0n) is 15.3. The number of carbonyl (C=O) groups excluding carboxylic acids is 1. The first-order valence-corrected chi connectivity index (χ1v) is 9.47. The summed E-state index contributed by atoms with van der Waals surface area (Å²) in [6.07, 6.45) is 4.52. The first-order chi connectivity index (χ1) is 12.0. The van der Waals surface area contributed by atoms with E-state index in [1.807, 2.05) is 24.3 Å². The highest BCUT2D eigenvalue weighted by molar-refractivity contribution is 7.80. The molecule has 1 fully saturated rings. The third kappa shape index (κ3) is 6.20. The molecule has 0 spiro atoms. The summed E-state index contributed by atoms with van der Waals surface area (Å²) in [7, 11) is 0. The molecule has 0 bridgehead atoms. The molecule has 6 heteroatoms. The summed E-state index contributed by atoms with van der Waals surface area (Å²) in [5, 5.41) is 3.76. The number of benzene rings is 1. The fraction of sp³-hybridized carbons (Fsp3) is 0.579. The molecule has 1 aliphatic rings. The van der Waals surface area contributed by atoms with Crippen LogP contribution < -0.4 is 20.9 Å². The van der Waals surface area contributed by atoms with Crippen LogP contribution in [-0.4, -0.2) is 23.7 Å². The van der Waals surface area contributed by atoms with Crippen molar-refractivity contribution < 1.29 is 9.53 Å². The van der Waals surface area contributed by atoms with E-state index in [-0.39, 0.29) is 12.5 Å². The fourth-order valence-electron chi connectivity index (χ4n) is 3.16. The molecule has 138 valence electrons. The third-order valence-electron chi connectivity index (χ3n) is 5.02. The van der Waals surface area contributed by atoms with Gasteiger partial charge >= 0.3 is 0 Å². The predicted molar refractivity (Wildman–Crippen MR) is 104 cm³/mol. The molecule has 1 aliphatic carbocycles. The maximum atomic E-state index is 11.9. The van der Waals surface area contributed by atoms with Crippen LogP contribution in [0.3, 0.4) is 0 Å². The monoisotopic (exact) mass is 363 g/mol. The van der Waals surface area contributed by atoms with E-state index in [2.05, 4.69) is 36.9 Å². The van der Waals surface area contributed by atoms with Crippen molar-refractivity contribution in [3.8, 4) is 5.75 Å². The van der Waals surface area contributed by atoms with E-state index in [0.29, 0.717) is 28.7 Å². The van der Waals surface area contributed by atoms with Crippen molar-refractivity contribution in [2.24, 2.45) is 11.8 Å². The first-order valence-electron chi connectivity index (χ1n) is 9.06. The van der Waals surface area contributed by atoms with Gasteiger partial charge in [0.15, 0.2) is 11.7 Å². The topological polar surface area (TPSA) is 62.4 Å². The Morgan fingerprint density at radius 1 is 1.28 bits per heavy atom. The third-order valence-corrected chi connectivity index (χ3v) is 5.24. The molecule has 0 aromatic heterocycles. The van der Waals surface area contributed by atoms with E-state index < -0.39 is 0 Å². The van der Waals surface area contributed by atoms with Crippen LogP contribution in [0.2, 0.25) is 0 Å². The van der Waals surface area contributed by atoms with Gasteiger partial charge in [-0.25, -0.2) is 0 Å². The molecule has 1 aromatic rings. The van der Waals surface area contributed by atoms with Gasteiger partial charge in [0, 0.05) is 6.04 Å². The van der Waals surface area contributed by atoms with Gasteiger partial charge in [0.05, 0.1) is 0 Å². The quantitative estimate of drug-likeness (QED) is 0.555. The number of ether oxygens (including phenoxy) is 1.